The van der Waals surface area contributed by atoms with E-state index >= 15 is 0 Å². The Labute approximate surface area is 195 Å². The largest absolute Gasteiger partial charge is 0.495 e. The number of hydrogen-bond acceptors (Lipinski definition) is 8. The lowest BCUT2D eigenvalue weighted by molar-refractivity contribution is 0.111. The molecule has 174 valence electrons. The van der Waals surface area contributed by atoms with E-state index in [1.54, 1.807) is 30.7 Å². The van der Waals surface area contributed by atoms with Gasteiger partial charge >= 0.3 is 0 Å². The van der Waals surface area contributed by atoms with Crippen molar-refractivity contribution in [2.24, 2.45) is 0 Å². The number of aldehydes is 1. The summed E-state index contributed by atoms with van der Waals surface area (Å²) in [5.74, 6) is 0.552. The maximum atomic E-state index is 14.9. The number of fused-ring (bicyclic) bond motifs is 1. The average Bonchev–Trinajstić information content (AvgIpc) is 3.30. The van der Waals surface area contributed by atoms with Crippen LogP contribution < -0.4 is 15.4 Å². The van der Waals surface area contributed by atoms with E-state index in [1.807, 2.05) is 0 Å². The highest BCUT2D eigenvalue weighted by molar-refractivity contribution is 6.04. The predicted octanol–water partition coefficient (Wildman–Crippen LogP) is 4.86. The number of halogens is 1. The summed E-state index contributed by atoms with van der Waals surface area (Å²) in [6.07, 6.45) is 12.5. The average molecular weight is 462 g/mol. The highest BCUT2D eigenvalue weighted by Crippen LogP contribution is 2.36. The molecule has 0 unspecified atom stereocenters. The molecule has 5 rings (SSSR count). The zero-order chi connectivity index (χ0) is 23.5. The van der Waals surface area contributed by atoms with Gasteiger partial charge in [-0.15, -0.1) is 0 Å². The first-order chi connectivity index (χ1) is 16.7. The minimum Gasteiger partial charge on any atom is -0.495 e. The summed E-state index contributed by atoms with van der Waals surface area (Å²) in [5.41, 5.74) is 2.03. The number of H-pyrrole nitrogens is 1. The second-order valence-corrected chi connectivity index (χ2v) is 8.24. The summed E-state index contributed by atoms with van der Waals surface area (Å²) in [4.78, 5) is 31.8. The number of nitrogens with zero attached hydrogens (tertiary/aromatic N) is 4. The lowest BCUT2D eigenvalue weighted by Gasteiger charge is -2.23. The Morgan fingerprint density at radius 3 is 2.79 bits per heavy atom. The van der Waals surface area contributed by atoms with Crippen LogP contribution in [0.5, 0.6) is 5.75 Å². The molecule has 4 aromatic rings. The molecule has 9 nitrogen and oxygen atoms in total. The Kier molecular flexibility index (Phi) is 6.03. The molecule has 4 aromatic heterocycles. The molecule has 1 saturated carbocycles. The van der Waals surface area contributed by atoms with Crippen LogP contribution in [0.3, 0.4) is 0 Å². The van der Waals surface area contributed by atoms with Gasteiger partial charge in [-0.2, -0.15) is 4.39 Å². The molecule has 0 amide bonds. The minimum absolute atomic E-state index is 0.136. The molecule has 1 aliphatic rings. The van der Waals surface area contributed by atoms with Crippen LogP contribution in [0.4, 0.5) is 21.7 Å². The summed E-state index contributed by atoms with van der Waals surface area (Å²) in [5, 5.41) is 7.27. The van der Waals surface area contributed by atoms with Crippen LogP contribution >= 0.6 is 0 Å². The summed E-state index contributed by atoms with van der Waals surface area (Å²) in [6, 6.07) is 3.66. The fourth-order valence-corrected chi connectivity index (χ4v) is 4.39. The zero-order valence-corrected chi connectivity index (χ0v) is 18.6. The molecule has 0 atom stereocenters. The van der Waals surface area contributed by atoms with Gasteiger partial charge in [-0.1, -0.05) is 19.3 Å². The maximum Gasteiger partial charge on any atom is 0.226 e. The van der Waals surface area contributed by atoms with Gasteiger partial charge in [0.1, 0.15) is 29.4 Å². The van der Waals surface area contributed by atoms with E-state index in [9.17, 15) is 9.18 Å². The van der Waals surface area contributed by atoms with E-state index in [-0.39, 0.29) is 11.4 Å². The number of carbonyl (C=O) groups is 1. The first kappa shape index (κ1) is 21.7. The number of rotatable bonds is 7. The molecule has 0 aromatic carbocycles. The molecule has 10 heteroatoms. The molecule has 34 heavy (non-hydrogen) atoms. The molecule has 0 aliphatic heterocycles. The van der Waals surface area contributed by atoms with Crippen molar-refractivity contribution in [1.29, 1.82) is 0 Å². The summed E-state index contributed by atoms with van der Waals surface area (Å²) >= 11 is 0. The van der Waals surface area contributed by atoms with Gasteiger partial charge in [0.25, 0.3) is 0 Å². The minimum atomic E-state index is -0.876. The Morgan fingerprint density at radius 1 is 1.15 bits per heavy atom. The maximum absolute atomic E-state index is 14.9. The van der Waals surface area contributed by atoms with Gasteiger partial charge in [-0.05, 0) is 18.9 Å². The third-order valence-electron chi connectivity index (χ3n) is 6.06. The second-order valence-electron chi connectivity index (χ2n) is 8.24. The Morgan fingerprint density at radius 2 is 2.00 bits per heavy atom. The number of aromatic amines is 1. The van der Waals surface area contributed by atoms with Gasteiger partial charge in [-0.3, -0.25) is 9.78 Å². The molecule has 0 spiro atoms. The first-order valence-corrected chi connectivity index (χ1v) is 11.2. The first-order valence-electron chi connectivity index (χ1n) is 11.2. The number of carbonyl (C=O) groups excluding carboxylic acids is 1. The molecule has 1 fully saturated rings. The van der Waals surface area contributed by atoms with Crippen LogP contribution in [-0.2, 0) is 0 Å². The normalized spacial score (nSPS) is 14.2. The highest BCUT2D eigenvalue weighted by atomic mass is 19.1. The van der Waals surface area contributed by atoms with Crippen molar-refractivity contribution >= 4 is 34.6 Å². The predicted molar refractivity (Wildman–Crippen MR) is 127 cm³/mol. The Balaban J connectivity index is 1.58. The Bertz CT molecular complexity index is 1330. The number of hydrogen-bond donors (Lipinski definition) is 3. The van der Waals surface area contributed by atoms with Gasteiger partial charge in [-0.25, -0.2) is 15.0 Å². The fraction of sp³-hybridized carbons (Fsp3) is 0.292. The molecule has 0 bridgehead atoms. The van der Waals surface area contributed by atoms with Crippen LogP contribution in [0.15, 0.2) is 37.1 Å². The highest BCUT2D eigenvalue weighted by Gasteiger charge is 2.21. The SMILES string of the molecule is COc1cncc(Nc2cc(-c3c[nH]c4ncnc(NC5CCCCC5)c34)c(C=O)c(F)n2)c1. The van der Waals surface area contributed by atoms with Crippen molar-refractivity contribution in [3.63, 3.8) is 0 Å². The van der Waals surface area contributed by atoms with Crippen LogP contribution in [0.25, 0.3) is 22.2 Å². The van der Waals surface area contributed by atoms with Gasteiger partial charge < -0.3 is 20.4 Å². The molecule has 1 aliphatic carbocycles. The number of methoxy groups -OCH3 is 1. The van der Waals surface area contributed by atoms with Crippen molar-refractivity contribution in [3.05, 3.63) is 48.6 Å². The van der Waals surface area contributed by atoms with E-state index in [1.165, 1.54) is 32.7 Å². The lowest BCUT2D eigenvalue weighted by atomic mass is 9.95. The van der Waals surface area contributed by atoms with Crippen LogP contribution in [0.1, 0.15) is 42.5 Å². The third kappa shape index (κ3) is 4.26. The van der Waals surface area contributed by atoms with E-state index < -0.39 is 5.95 Å². The number of pyridine rings is 2. The Hall–Kier alpha value is -4.08. The van der Waals surface area contributed by atoms with Gasteiger partial charge in [0, 0.05) is 29.4 Å². The second kappa shape index (κ2) is 9.42. The zero-order valence-electron chi connectivity index (χ0n) is 18.6. The number of anilines is 3. The molecule has 0 radical (unpaired) electrons. The van der Waals surface area contributed by atoms with Crippen molar-refractivity contribution < 1.29 is 13.9 Å². The van der Waals surface area contributed by atoms with Gasteiger partial charge in [0.2, 0.25) is 5.95 Å². The van der Waals surface area contributed by atoms with Crippen LogP contribution in [0, 0.1) is 5.95 Å². The summed E-state index contributed by atoms with van der Waals surface area (Å²) in [7, 11) is 1.54. The van der Waals surface area contributed by atoms with E-state index in [2.05, 4.69) is 35.6 Å². The van der Waals surface area contributed by atoms with E-state index in [0.717, 1.165) is 12.8 Å². The quantitative estimate of drug-likeness (QED) is 0.264. The summed E-state index contributed by atoms with van der Waals surface area (Å²) in [6.45, 7) is 0. The fourth-order valence-electron chi connectivity index (χ4n) is 4.39. The number of ether oxygens (including phenoxy) is 1. The standard InChI is InChI=1S/C24H24FN7O2/c1-34-16-7-15(9-26-10-16)30-20-8-17(19(12-33)22(25)32-20)18-11-27-23-21(18)24(29-13-28-23)31-14-5-3-2-4-6-14/h7-14H,2-6H2,1H3,(H,30,32)(H2,27,28,29,31). The van der Waals surface area contributed by atoms with E-state index in [0.29, 0.717) is 51.7 Å². The molecular formula is C24H24FN7O2. The monoisotopic (exact) mass is 461 g/mol. The molecular weight excluding hydrogens is 437 g/mol. The van der Waals surface area contributed by atoms with Crippen LogP contribution in [0.2, 0.25) is 0 Å². The van der Waals surface area contributed by atoms with Crippen molar-refractivity contribution in [2.45, 2.75) is 38.1 Å². The van der Waals surface area contributed by atoms with E-state index in [4.69, 9.17) is 4.74 Å². The molecule has 4 heterocycles. The van der Waals surface area contributed by atoms with Crippen molar-refractivity contribution in [1.82, 2.24) is 24.9 Å². The molecule has 3 N–H and O–H groups in total. The van der Waals surface area contributed by atoms with Crippen LogP contribution in [-0.4, -0.2) is 44.4 Å². The topological polar surface area (TPSA) is 118 Å². The number of aromatic nitrogens is 5. The molecule has 0 saturated heterocycles. The smallest absolute Gasteiger partial charge is 0.226 e. The third-order valence-corrected chi connectivity index (χ3v) is 6.06. The van der Waals surface area contributed by atoms with Crippen molar-refractivity contribution in [2.75, 3.05) is 17.7 Å². The van der Waals surface area contributed by atoms with Crippen molar-refractivity contribution in [3.8, 4) is 16.9 Å². The lowest BCUT2D eigenvalue weighted by Crippen LogP contribution is -2.23. The summed E-state index contributed by atoms with van der Waals surface area (Å²) < 4.78 is 20.1. The number of nitrogens with one attached hydrogen (secondary N) is 3. The van der Waals surface area contributed by atoms with Gasteiger partial charge in [0.05, 0.1) is 36.1 Å². The van der Waals surface area contributed by atoms with Gasteiger partial charge in [0.15, 0.2) is 6.29 Å².